The molecule has 0 saturated carbocycles. The minimum atomic E-state index is -2.06. The number of hydrogen-bond donors (Lipinski definition) is 0. The third-order valence-electron chi connectivity index (χ3n) is 2.57. The fraction of sp³-hybridized carbons (Fsp3) is 0.214. The molecule has 0 aliphatic carbocycles. The van der Waals surface area contributed by atoms with Crippen LogP contribution >= 0.6 is 0 Å². The fourth-order valence-corrected chi connectivity index (χ4v) is 1.70. The molecule has 0 fully saturated rings. The molecule has 2 aromatic rings. The normalized spacial score (nSPS) is 14.1. The maximum atomic E-state index is 7.48. The Morgan fingerprint density at radius 2 is 2.00 bits per heavy atom. The highest BCUT2D eigenvalue weighted by Gasteiger charge is 2.10. The molecule has 0 amide bonds. The summed E-state index contributed by atoms with van der Waals surface area (Å²) >= 11 is 0. The van der Waals surface area contributed by atoms with Gasteiger partial charge in [-0.15, -0.1) is 0 Å². The number of rotatable bonds is 1. The van der Waals surface area contributed by atoms with E-state index in [9.17, 15) is 0 Å². The molecular weight excluding hydrogens is 182 g/mol. The molecule has 1 heteroatoms. The topological polar surface area (TPSA) is 3.88 Å². The first-order valence-electron chi connectivity index (χ1n) is 6.46. The Morgan fingerprint density at radius 3 is 2.73 bits per heavy atom. The van der Waals surface area contributed by atoms with Crippen molar-refractivity contribution in [3.8, 4) is 11.3 Å². The molecule has 0 N–H and O–H groups in total. The molecule has 1 aromatic carbocycles. The first-order valence-corrected chi connectivity index (χ1v) is 4.96. The Morgan fingerprint density at radius 1 is 1.20 bits per heavy atom. The number of aromatic nitrogens is 1. The summed E-state index contributed by atoms with van der Waals surface area (Å²) in [4.78, 5) is 0. The zero-order valence-corrected chi connectivity index (χ0v) is 8.99. The molecule has 0 atom stereocenters. The molecule has 0 bridgehead atoms. The quantitative estimate of drug-likeness (QED) is 0.625. The van der Waals surface area contributed by atoms with Crippen molar-refractivity contribution in [3.63, 3.8) is 0 Å². The van der Waals surface area contributed by atoms with Crippen molar-refractivity contribution >= 4 is 0 Å². The summed E-state index contributed by atoms with van der Waals surface area (Å²) in [6.45, 7) is -0.0387. The van der Waals surface area contributed by atoms with Crippen molar-refractivity contribution in [3.05, 3.63) is 53.7 Å². The minimum absolute atomic E-state index is 0.374. The largest absolute Gasteiger partial charge is 0.212 e. The predicted octanol–water partition coefficient (Wildman–Crippen LogP) is 2.79. The van der Waals surface area contributed by atoms with Crippen molar-refractivity contribution < 1.29 is 8.68 Å². The third kappa shape index (κ3) is 1.91. The van der Waals surface area contributed by atoms with E-state index < -0.39 is 6.85 Å². The lowest BCUT2D eigenvalue weighted by Crippen LogP contribution is -2.30. The van der Waals surface area contributed by atoms with Gasteiger partial charge in [0.1, 0.15) is 7.05 Å². The molecule has 0 aliphatic rings. The smallest absolute Gasteiger partial charge is 0.201 e. The Hall–Kier alpha value is -1.63. The SMILES string of the molecule is [2H]C([2H])([2H])c1cc[n+](C)c(-c2ccccc2C)c1. The predicted molar refractivity (Wildman–Crippen MR) is 62.5 cm³/mol. The van der Waals surface area contributed by atoms with Crippen LogP contribution in [0.15, 0.2) is 42.6 Å². The number of aryl methyl sites for hydroxylation is 3. The van der Waals surface area contributed by atoms with Gasteiger partial charge in [-0.05, 0) is 31.0 Å². The van der Waals surface area contributed by atoms with Crippen LogP contribution in [0.25, 0.3) is 11.3 Å². The van der Waals surface area contributed by atoms with E-state index in [1.165, 1.54) is 0 Å². The van der Waals surface area contributed by atoms with E-state index in [0.717, 1.165) is 16.8 Å². The van der Waals surface area contributed by atoms with Gasteiger partial charge >= 0.3 is 0 Å². The Bertz CT molecular complexity index is 573. The number of nitrogens with zero attached hydrogens (tertiary/aromatic N) is 1. The molecule has 2 rings (SSSR count). The van der Waals surface area contributed by atoms with Gasteiger partial charge in [0.15, 0.2) is 6.20 Å². The summed E-state index contributed by atoms with van der Waals surface area (Å²) in [6, 6.07) is 11.4. The van der Waals surface area contributed by atoms with Gasteiger partial charge in [0, 0.05) is 21.8 Å². The summed E-state index contributed by atoms with van der Waals surface area (Å²) < 4.78 is 24.4. The second-order valence-electron chi connectivity index (χ2n) is 3.73. The molecule has 1 nitrogen and oxygen atoms in total. The molecule has 0 aliphatic heterocycles. The van der Waals surface area contributed by atoms with E-state index in [-0.39, 0.29) is 0 Å². The van der Waals surface area contributed by atoms with Crippen molar-refractivity contribution in [1.82, 2.24) is 0 Å². The molecule has 1 heterocycles. The zero-order chi connectivity index (χ0) is 13.3. The molecule has 0 spiro atoms. The van der Waals surface area contributed by atoms with Crippen LogP contribution in [0.2, 0.25) is 0 Å². The van der Waals surface area contributed by atoms with Gasteiger partial charge in [-0.25, -0.2) is 4.57 Å². The van der Waals surface area contributed by atoms with E-state index in [0.29, 0.717) is 5.56 Å². The second-order valence-corrected chi connectivity index (χ2v) is 3.73. The monoisotopic (exact) mass is 201 g/mol. The van der Waals surface area contributed by atoms with Crippen LogP contribution in [-0.4, -0.2) is 0 Å². The maximum Gasteiger partial charge on any atom is 0.212 e. The minimum Gasteiger partial charge on any atom is -0.201 e. The summed E-state index contributed by atoms with van der Waals surface area (Å²) in [5, 5.41) is 0. The van der Waals surface area contributed by atoms with Crippen molar-refractivity contribution in [1.29, 1.82) is 0 Å². The average molecular weight is 201 g/mol. The van der Waals surface area contributed by atoms with Gasteiger partial charge in [0.05, 0.1) is 0 Å². The van der Waals surface area contributed by atoms with Gasteiger partial charge in [-0.1, -0.05) is 18.2 Å². The van der Waals surface area contributed by atoms with Crippen LogP contribution < -0.4 is 4.57 Å². The van der Waals surface area contributed by atoms with E-state index in [4.69, 9.17) is 4.11 Å². The lowest BCUT2D eigenvalue weighted by Gasteiger charge is -2.04. The molecule has 1 aromatic heterocycles. The highest BCUT2D eigenvalue weighted by Crippen LogP contribution is 2.19. The molecule has 76 valence electrons. The zero-order valence-electron chi connectivity index (χ0n) is 12.0. The van der Waals surface area contributed by atoms with Gasteiger partial charge < -0.3 is 0 Å². The van der Waals surface area contributed by atoms with Gasteiger partial charge in [0.2, 0.25) is 5.69 Å². The Balaban J connectivity index is 2.61. The standard InChI is InChI=1S/C14H16N/c1-11-8-9-15(3)14(10-11)13-7-5-4-6-12(13)2/h4-10H,1-3H3/q+1/i1D3. The van der Waals surface area contributed by atoms with E-state index in [1.54, 1.807) is 18.3 Å². The van der Waals surface area contributed by atoms with Gasteiger partial charge in [-0.3, -0.25) is 0 Å². The van der Waals surface area contributed by atoms with Crippen LogP contribution in [0.4, 0.5) is 0 Å². The number of hydrogen-bond acceptors (Lipinski definition) is 0. The Kier molecular flexibility index (Phi) is 1.74. The number of pyridine rings is 1. The van der Waals surface area contributed by atoms with Crippen molar-refractivity contribution in [2.75, 3.05) is 0 Å². The van der Waals surface area contributed by atoms with E-state index in [1.807, 2.05) is 42.8 Å². The first kappa shape index (κ1) is 6.78. The average Bonchev–Trinajstić information content (AvgIpc) is 2.29. The summed E-state index contributed by atoms with van der Waals surface area (Å²) in [5.41, 5.74) is 3.49. The highest BCUT2D eigenvalue weighted by atomic mass is 14.9. The third-order valence-corrected chi connectivity index (χ3v) is 2.57. The second kappa shape index (κ2) is 3.85. The van der Waals surface area contributed by atoms with Crippen LogP contribution in [-0.2, 0) is 7.05 Å². The summed E-state index contributed by atoms with van der Waals surface area (Å²) in [5.74, 6) is 0. The first-order chi connectivity index (χ1) is 8.39. The van der Waals surface area contributed by atoms with E-state index >= 15 is 0 Å². The van der Waals surface area contributed by atoms with Crippen LogP contribution in [0.5, 0.6) is 0 Å². The molecular formula is C14H16N+. The maximum absolute atomic E-state index is 7.48. The lowest BCUT2D eigenvalue weighted by molar-refractivity contribution is -0.660. The molecule has 0 radical (unpaired) electrons. The van der Waals surface area contributed by atoms with Crippen LogP contribution in [0.3, 0.4) is 0 Å². The van der Waals surface area contributed by atoms with Crippen LogP contribution in [0, 0.1) is 13.8 Å². The van der Waals surface area contributed by atoms with E-state index in [2.05, 4.69) is 0 Å². The van der Waals surface area contributed by atoms with Crippen LogP contribution in [0.1, 0.15) is 15.2 Å². The number of benzene rings is 1. The molecule has 0 unspecified atom stereocenters. The Labute approximate surface area is 95.2 Å². The van der Waals surface area contributed by atoms with Gasteiger partial charge in [0.25, 0.3) is 0 Å². The van der Waals surface area contributed by atoms with Crippen molar-refractivity contribution in [2.24, 2.45) is 7.05 Å². The lowest BCUT2D eigenvalue weighted by atomic mass is 10.0. The van der Waals surface area contributed by atoms with Crippen molar-refractivity contribution in [2.45, 2.75) is 13.8 Å². The molecule has 0 saturated heterocycles. The molecule has 15 heavy (non-hydrogen) atoms. The fourth-order valence-electron chi connectivity index (χ4n) is 1.70. The van der Waals surface area contributed by atoms with Gasteiger partial charge in [-0.2, -0.15) is 0 Å². The summed E-state index contributed by atoms with van der Waals surface area (Å²) in [7, 11) is 1.92. The highest BCUT2D eigenvalue weighted by molar-refractivity contribution is 5.61. The summed E-state index contributed by atoms with van der Waals surface area (Å²) in [6.07, 6.45) is 1.80.